The van der Waals surface area contributed by atoms with Crippen LogP contribution in [0.3, 0.4) is 0 Å². The van der Waals surface area contributed by atoms with Crippen LogP contribution in [0, 0.1) is 16.7 Å². The van der Waals surface area contributed by atoms with E-state index in [0.717, 1.165) is 0 Å². The maximum Gasteiger partial charge on any atom is 0.412 e. The zero-order chi connectivity index (χ0) is 24.3. The van der Waals surface area contributed by atoms with Crippen LogP contribution in [0.2, 0.25) is 10.0 Å². The van der Waals surface area contributed by atoms with Crippen molar-refractivity contribution < 1.29 is 19.1 Å². The number of hydrogen-bond acceptors (Lipinski definition) is 10. The van der Waals surface area contributed by atoms with E-state index in [1.54, 1.807) is 0 Å². The zero-order valence-electron chi connectivity index (χ0n) is 17.3. The average molecular weight is 494 g/mol. The van der Waals surface area contributed by atoms with Gasteiger partial charge in [0.15, 0.2) is 5.75 Å². The van der Waals surface area contributed by atoms with Crippen molar-refractivity contribution in [3.8, 4) is 17.7 Å². The van der Waals surface area contributed by atoms with Crippen LogP contribution in [-0.2, 0) is 9.53 Å². The van der Waals surface area contributed by atoms with Gasteiger partial charge in [0.1, 0.15) is 11.8 Å². The van der Waals surface area contributed by atoms with Crippen LogP contribution in [0.5, 0.6) is 11.6 Å². The van der Waals surface area contributed by atoms with Gasteiger partial charge in [0.25, 0.3) is 5.56 Å². The number of aromatic nitrogens is 2. The van der Waals surface area contributed by atoms with Crippen molar-refractivity contribution in [3.05, 3.63) is 38.6 Å². The molecule has 0 bridgehead atoms. The van der Waals surface area contributed by atoms with Crippen LogP contribution >= 0.6 is 23.2 Å². The highest BCUT2D eigenvalue weighted by molar-refractivity contribution is 6.44. The lowest BCUT2D eigenvalue weighted by molar-refractivity contribution is -0.129. The lowest BCUT2D eigenvalue weighted by atomic mass is 9.84. The molecule has 4 N–H and O–H groups in total. The van der Waals surface area contributed by atoms with Gasteiger partial charge in [-0.3, -0.25) is 10.2 Å². The molecular formula is C19H17Cl2N7O5. The summed E-state index contributed by atoms with van der Waals surface area (Å²) in [7, 11) is 0. The first-order valence-electron chi connectivity index (χ1n) is 9.26. The lowest BCUT2D eigenvalue weighted by Crippen LogP contribution is -2.54. The Balaban J connectivity index is 1.78. The van der Waals surface area contributed by atoms with Gasteiger partial charge in [-0.05, 0) is 17.5 Å². The zero-order valence-corrected chi connectivity index (χ0v) is 18.8. The summed E-state index contributed by atoms with van der Waals surface area (Å²) in [4.78, 5) is 36.2. The summed E-state index contributed by atoms with van der Waals surface area (Å²) in [6.45, 7) is 5.60. The number of ether oxygens (including phenoxy) is 2. The number of carbonyl (C=O) groups excluding carboxylic acids is 2. The molecule has 2 heterocycles. The van der Waals surface area contributed by atoms with Gasteiger partial charge >= 0.3 is 12.1 Å². The minimum Gasteiger partial charge on any atom is -0.434 e. The highest BCUT2D eigenvalue weighted by atomic mass is 35.5. The summed E-state index contributed by atoms with van der Waals surface area (Å²) in [6, 6.07) is 5.65. The van der Waals surface area contributed by atoms with E-state index in [4.69, 9.17) is 38.9 Å². The molecule has 33 heavy (non-hydrogen) atoms. The SMILES string of the molecule is CC1(C)CN(c2cc(Oc3c(Cl)cc(NN=C(C#N)C(=O)OC(N)=O)cc3Cl)n[nH]c2=O)C1. The predicted octanol–water partition coefficient (Wildman–Crippen LogP) is 2.63. The summed E-state index contributed by atoms with van der Waals surface area (Å²) in [5.74, 6) is -1.21. The lowest BCUT2D eigenvalue weighted by Gasteiger charge is -2.46. The van der Waals surface area contributed by atoms with Gasteiger partial charge in [-0.15, -0.1) is 5.10 Å². The Morgan fingerprint density at radius 2 is 1.94 bits per heavy atom. The van der Waals surface area contributed by atoms with Crippen LogP contribution in [0.15, 0.2) is 28.1 Å². The Morgan fingerprint density at radius 3 is 2.48 bits per heavy atom. The molecule has 172 valence electrons. The first kappa shape index (κ1) is 23.8. The molecule has 0 radical (unpaired) electrons. The number of primary amides is 1. The van der Waals surface area contributed by atoms with Crippen molar-refractivity contribution in [1.29, 1.82) is 5.26 Å². The van der Waals surface area contributed by atoms with Crippen molar-refractivity contribution in [1.82, 2.24) is 10.2 Å². The first-order valence-corrected chi connectivity index (χ1v) is 10.0. The molecule has 0 aliphatic carbocycles. The molecule has 2 aromatic rings. The van der Waals surface area contributed by atoms with E-state index >= 15 is 0 Å². The van der Waals surface area contributed by atoms with Crippen LogP contribution < -0.4 is 26.4 Å². The summed E-state index contributed by atoms with van der Waals surface area (Å²) >= 11 is 12.5. The van der Waals surface area contributed by atoms with Gasteiger partial charge in [-0.2, -0.15) is 10.4 Å². The van der Waals surface area contributed by atoms with Gasteiger partial charge in [0, 0.05) is 19.2 Å². The van der Waals surface area contributed by atoms with Crippen LogP contribution in [-0.4, -0.2) is 41.1 Å². The van der Waals surface area contributed by atoms with Crippen molar-refractivity contribution in [3.63, 3.8) is 0 Å². The van der Waals surface area contributed by atoms with Gasteiger partial charge in [0.2, 0.25) is 11.6 Å². The van der Waals surface area contributed by atoms with E-state index in [1.165, 1.54) is 24.3 Å². The molecule has 0 spiro atoms. The van der Waals surface area contributed by atoms with Crippen molar-refractivity contribution in [2.45, 2.75) is 13.8 Å². The van der Waals surface area contributed by atoms with E-state index in [-0.39, 0.29) is 38.3 Å². The molecule has 1 saturated heterocycles. The van der Waals surface area contributed by atoms with Gasteiger partial charge < -0.3 is 20.1 Å². The predicted molar refractivity (Wildman–Crippen MR) is 120 cm³/mol. The van der Waals surface area contributed by atoms with Crippen molar-refractivity contribution in [2.75, 3.05) is 23.4 Å². The van der Waals surface area contributed by atoms with Gasteiger partial charge in [0.05, 0.1) is 15.7 Å². The number of halogens is 2. The Morgan fingerprint density at radius 1 is 1.30 bits per heavy atom. The number of nitriles is 1. The second-order valence-corrected chi connectivity index (χ2v) is 8.52. The topological polar surface area (TPSA) is 176 Å². The smallest absolute Gasteiger partial charge is 0.412 e. The monoisotopic (exact) mass is 493 g/mol. The fourth-order valence-corrected chi connectivity index (χ4v) is 3.59. The van der Waals surface area contributed by atoms with E-state index < -0.39 is 17.8 Å². The molecule has 14 heteroatoms. The summed E-state index contributed by atoms with van der Waals surface area (Å²) in [5, 5.41) is 18.8. The van der Waals surface area contributed by atoms with E-state index in [9.17, 15) is 14.4 Å². The maximum atomic E-state index is 12.1. The number of nitrogens with zero attached hydrogens (tertiary/aromatic N) is 4. The van der Waals surface area contributed by atoms with Crippen molar-refractivity contribution >= 4 is 52.4 Å². The number of amides is 1. The Hall–Kier alpha value is -3.82. The number of H-pyrrole nitrogens is 1. The first-order chi connectivity index (χ1) is 15.5. The molecule has 0 atom stereocenters. The standard InChI is InChI=1S/C19H17Cl2N7O5/c1-19(2)7-28(8-19)13-5-14(26-27-16(13)29)32-15-10(20)3-9(4-11(15)21)24-25-12(6-22)17(30)33-18(23)31/h3-5,24H,7-8H2,1-2H3,(H2,23,31)(H,27,29). The molecule has 1 aromatic heterocycles. The number of hydrogen-bond donors (Lipinski definition) is 3. The van der Waals surface area contributed by atoms with Gasteiger partial charge in [-0.25, -0.2) is 14.7 Å². The normalized spacial score (nSPS) is 14.6. The molecule has 0 unspecified atom stereocenters. The largest absolute Gasteiger partial charge is 0.434 e. The van der Waals surface area contributed by atoms with Crippen molar-refractivity contribution in [2.24, 2.45) is 16.3 Å². The molecule has 1 amide bonds. The number of esters is 1. The Bertz CT molecular complexity index is 1220. The molecule has 1 aliphatic rings. The Labute approximate surface area is 196 Å². The van der Waals surface area contributed by atoms with E-state index in [1.807, 2.05) is 4.90 Å². The number of anilines is 2. The number of hydrazone groups is 1. The quantitative estimate of drug-likeness (QED) is 0.236. The fourth-order valence-electron chi connectivity index (χ4n) is 3.03. The number of nitrogens with two attached hydrogens (primary N) is 1. The molecule has 1 aromatic carbocycles. The number of nitrogens with one attached hydrogen (secondary N) is 2. The average Bonchev–Trinajstić information content (AvgIpc) is 2.70. The second kappa shape index (κ2) is 9.35. The number of aromatic amines is 1. The number of carbonyl (C=O) groups is 2. The minimum atomic E-state index is -1.38. The summed E-state index contributed by atoms with van der Waals surface area (Å²) in [6.07, 6.45) is -1.38. The highest BCUT2D eigenvalue weighted by Gasteiger charge is 2.35. The molecule has 0 saturated carbocycles. The van der Waals surface area contributed by atoms with Crippen LogP contribution in [0.4, 0.5) is 16.2 Å². The third kappa shape index (κ3) is 5.71. The highest BCUT2D eigenvalue weighted by Crippen LogP contribution is 2.39. The summed E-state index contributed by atoms with van der Waals surface area (Å²) in [5.41, 5.74) is 6.71. The molecule has 1 aliphatic heterocycles. The molecule has 12 nitrogen and oxygen atoms in total. The third-order valence-electron chi connectivity index (χ3n) is 4.33. The third-order valence-corrected chi connectivity index (χ3v) is 4.89. The number of rotatable bonds is 6. The molecule has 3 rings (SSSR count). The number of benzene rings is 1. The van der Waals surface area contributed by atoms with E-state index in [2.05, 4.69) is 39.3 Å². The summed E-state index contributed by atoms with van der Waals surface area (Å²) < 4.78 is 9.76. The molecular weight excluding hydrogens is 477 g/mol. The second-order valence-electron chi connectivity index (χ2n) is 7.70. The van der Waals surface area contributed by atoms with E-state index in [0.29, 0.717) is 18.8 Å². The van der Waals surface area contributed by atoms with Gasteiger partial charge in [-0.1, -0.05) is 37.0 Å². The van der Waals surface area contributed by atoms with Crippen LogP contribution in [0.25, 0.3) is 0 Å². The fraction of sp³-hybridized carbons (Fsp3) is 0.263. The molecule has 1 fully saturated rings. The Kier molecular flexibility index (Phi) is 6.75. The maximum absolute atomic E-state index is 12.1. The minimum absolute atomic E-state index is 0.0399. The van der Waals surface area contributed by atoms with Crippen LogP contribution in [0.1, 0.15) is 13.8 Å².